The SMILES string of the molecule is O=C1C=Cc2c(ccc3ccc4ccsc4c23)C1=O. The van der Waals surface area contributed by atoms with Crippen molar-refractivity contribution in [2.24, 2.45) is 0 Å². The fourth-order valence-corrected chi connectivity index (χ4v) is 3.57. The molecule has 0 N–H and O–H groups in total. The molecule has 0 atom stereocenters. The van der Waals surface area contributed by atoms with Gasteiger partial charge in [0.1, 0.15) is 0 Å². The van der Waals surface area contributed by atoms with Crippen LogP contribution in [0.25, 0.3) is 26.9 Å². The Bertz CT molecular complexity index is 900. The molecule has 3 aromatic rings. The normalized spacial score (nSPS) is 14.3. The van der Waals surface area contributed by atoms with Gasteiger partial charge in [0.05, 0.1) is 0 Å². The van der Waals surface area contributed by atoms with Crippen LogP contribution in [0.4, 0.5) is 0 Å². The van der Waals surface area contributed by atoms with E-state index in [1.54, 1.807) is 23.5 Å². The first-order chi connectivity index (χ1) is 9.25. The summed E-state index contributed by atoms with van der Waals surface area (Å²) in [6.07, 6.45) is 3.14. The molecule has 3 heteroatoms. The second kappa shape index (κ2) is 3.62. The smallest absolute Gasteiger partial charge is 0.233 e. The molecule has 0 spiro atoms. The highest BCUT2D eigenvalue weighted by molar-refractivity contribution is 7.18. The number of carbonyl (C=O) groups is 2. The summed E-state index contributed by atoms with van der Waals surface area (Å²) < 4.78 is 1.17. The van der Waals surface area contributed by atoms with E-state index in [0.29, 0.717) is 5.56 Å². The Kier molecular flexibility index (Phi) is 2.03. The van der Waals surface area contributed by atoms with E-state index in [2.05, 4.69) is 18.2 Å². The zero-order valence-corrected chi connectivity index (χ0v) is 10.7. The summed E-state index contributed by atoms with van der Waals surface area (Å²) in [4.78, 5) is 23.4. The summed E-state index contributed by atoms with van der Waals surface area (Å²) in [5.74, 6) is -0.849. The number of thiophene rings is 1. The van der Waals surface area contributed by atoms with Gasteiger partial charge >= 0.3 is 0 Å². The van der Waals surface area contributed by atoms with Crippen molar-refractivity contribution < 1.29 is 9.59 Å². The number of allylic oxidation sites excluding steroid dienone is 1. The van der Waals surface area contributed by atoms with Crippen molar-refractivity contribution >= 4 is 49.8 Å². The average molecular weight is 264 g/mol. The first kappa shape index (κ1) is 10.6. The van der Waals surface area contributed by atoms with Crippen molar-refractivity contribution in [3.05, 3.63) is 52.9 Å². The van der Waals surface area contributed by atoms with E-state index in [0.717, 1.165) is 16.3 Å². The third kappa shape index (κ3) is 1.36. The summed E-state index contributed by atoms with van der Waals surface area (Å²) in [6, 6.07) is 9.87. The lowest BCUT2D eigenvalue weighted by Gasteiger charge is -2.12. The third-order valence-corrected chi connectivity index (χ3v) is 4.46. The van der Waals surface area contributed by atoms with Crippen molar-refractivity contribution in [3.8, 4) is 0 Å². The molecule has 1 heterocycles. The minimum Gasteiger partial charge on any atom is -0.286 e. The molecule has 0 fully saturated rings. The van der Waals surface area contributed by atoms with Crippen molar-refractivity contribution in [1.29, 1.82) is 0 Å². The van der Waals surface area contributed by atoms with Crippen LogP contribution >= 0.6 is 11.3 Å². The number of Topliss-reactive ketones (excluding diaryl/α,β-unsaturated/α-hetero) is 1. The van der Waals surface area contributed by atoms with Crippen molar-refractivity contribution in [1.82, 2.24) is 0 Å². The lowest BCUT2D eigenvalue weighted by Crippen LogP contribution is -2.16. The van der Waals surface area contributed by atoms with Gasteiger partial charge in [-0.15, -0.1) is 11.3 Å². The molecule has 90 valence electrons. The molecular weight excluding hydrogens is 256 g/mol. The third-order valence-electron chi connectivity index (χ3n) is 3.51. The Balaban J connectivity index is 2.25. The molecule has 4 rings (SSSR count). The fourth-order valence-electron chi connectivity index (χ4n) is 2.60. The van der Waals surface area contributed by atoms with E-state index >= 15 is 0 Å². The second-order valence-electron chi connectivity index (χ2n) is 4.56. The van der Waals surface area contributed by atoms with Crippen LogP contribution in [0.1, 0.15) is 15.9 Å². The van der Waals surface area contributed by atoms with Gasteiger partial charge in [-0.25, -0.2) is 0 Å². The number of fused-ring (bicyclic) bond motifs is 5. The molecule has 0 aliphatic heterocycles. The molecule has 1 aliphatic carbocycles. The van der Waals surface area contributed by atoms with E-state index in [9.17, 15) is 9.59 Å². The van der Waals surface area contributed by atoms with Gasteiger partial charge in [-0.1, -0.05) is 18.2 Å². The van der Waals surface area contributed by atoms with E-state index in [4.69, 9.17) is 0 Å². The van der Waals surface area contributed by atoms with Crippen LogP contribution in [0.2, 0.25) is 0 Å². The highest BCUT2D eigenvalue weighted by Gasteiger charge is 2.22. The van der Waals surface area contributed by atoms with Gasteiger partial charge in [-0.2, -0.15) is 0 Å². The number of rotatable bonds is 0. The van der Waals surface area contributed by atoms with Crippen LogP contribution < -0.4 is 0 Å². The van der Waals surface area contributed by atoms with E-state index < -0.39 is 11.6 Å². The summed E-state index contributed by atoms with van der Waals surface area (Å²) in [5.41, 5.74) is 1.39. The number of ketones is 2. The monoisotopic (exact) mass is 264 g/mol. The van der Waals surface area contributed by atoms with Gasteiger partial charge in [-0.05, 0) is 46.0 Å². The van der Waals surface area contributed by atoms with Crippen molar-refractivity contribution in [2.75, 3.05) is 0 Å². The van der Waals surface area contributed by atoms with Gasteiger partial charge < -0.3 is 0 Å². The summed E-state index contributed by atoms with van der Waals surface area (Å²) >= 11 is 1.66. The summed E-state index contributed by atoms with van der Waals surface area (Å²) in [5, 5.41) is 5.38. The predicted octanol–water partition coefficient (Wildman–Crippen LogP) is 3.83. The maximum Gasteiger partial charge on any atom is 0.233 e. The second-order valence-corrected chi connectivity index (χ2v) is 5.47. The standard InChI is InChI=1S/C16H8O2S/c17-13-6-5-11-12(15(13)18)4-3-9-1-2-10-7-8-19-16(10)14(9)11/h1-8H. The minimum atomic E-state index is -0.440. The maximum atomic E-state index is 11.9. The first-order valence-electron chi connectivity index (χ1n) is 5.95. The van der Waals surface area contributed by atoms with Crippen molar-refractivity contribution in [3.63, 3.8) is 0 Å². The Morgan fingerprint density at radius 2 is 1.63 bits per heavy atom. The average Bonchev–Trinajstić information content (AvgIpc) is 2.90. The van der Waals surface area contributed by atoms with Crippen LogP contribution in [0.3, 0.4) is 0 Å². The van der Waals surface area contributed by atoms with Gasteiger partial charge in [0.25, 0.3) is 0 Å². The predicted molar refractivity (Wildman–Crippen MR) is 77.7 cm³/mol. The molecule has 2 aromatic carbocycles. The number of carbonyl (C=O) groups excluding carboxylic acids is 2. The molecule has 0 amide bonds. The van der Waals surface area contributed by atoms with Crippen LogP contribution in [0, 0.1) is 0 Å². The highest BCUT2D eigenvalue weighted by atomic mass is 32.1. The molecule has 1 aliphatic rings. The first-order valence-corrected chi connectivity index (χ1v) is 6.83. The Morgan fingerprint density at radius 3 is 2.53 bits per heavy atom. The number of benzene rings is 2. The minimum absolute atomic E-state index is 0.409. The van der Waals surface area contributed by atoms with Crippen LogP contribution in [-0.4, -0.2) is 11.6 Å². The molecule has 0 saturated carbocycles. The maximum absolute atomic E-state index is 11.9. The van der Waals surface area contributed by atoms with Crippen LogP contribution in [0.5, 0.6) is 0 Å². The molecule has 0 radical (unpaired) electrons. The van der Waals surface area contributed by atoms with Crippen LogP contribution in [0.15, 0.2) is 41.8 Å². The zero-order chi connectivity index (χ0) is 13.0. The summed E-state index contributed by atoms with van der Waals surface area (Å²) in [6.45, 7) is 0. The van der Waals surface area contributed by atoms with E-state index in [-0.39, 0.29) is 0 Å². The number of hydrogen-bond donors (Lipinski definition) is 0. The molecule has 2 nitrogen and oxygen atoms in total. The largest absolute Gasteiger partial charge is 0.286 e. The van der Waals surface area contributed by atoms with Crippen LogP contribution in [-0.2, 0) is 4.79 Å². The summed E-state index contributed by atoms with van der Waals surface area (Å²) in [7, 11) is 0. The van der Waals surface area contributed by atoms with Gasteiger partial charge in [-0.3, -0.25) is 9.59 Å². The highest BCUT2D eigenvalue weighted by Crippen LogP contribution is 2.35. The van der Waals surface area contributed by atoms with Gasteiger partial charge in [0.2, 0.25) is 11.6 Å². The molecular formula is C16H8O2S. The Morgan fingerprint density at radius 1 is 0.842 bits per heavy atom. The molecule has 0 bridgehead atoms. The van der Waals surface area contributed by atoms with E-state index in [1.807, 2.05) is 11.4 Å². The fraction of sp³-hybridized carbons (Fsp3) is 0. The molecule has 0 saturated heterocycles. The lowest BCUT2D eigenvalue weighted by molar-refractivity contribution is -0.110. The van der Waals surface area contributed by atoms with E-state index in [1.165, 1.54) is 16.2 Å². The quantitative estimate of drug-likeness (QED) is 0.578. The van der Waals surface area contributed by atoms with Gasteiger partial charge in [0.15, 0.2) is 0 Å². The topological polar surface area (TPSA) is 34.1 Å². The molecule has 0 unspecified atom stereocenters. The molecule has 19 heavy (non-hydrogen) atoms. The lowest BCUT2D eigenvalue weighted by atomic mass is 9.90. The Hall–Kier alpha value is -2.26. The zero-order valence-electron chi connectivity index (χ0n) is 9.84. The molecule has 1 aromatic heterocycles. The number of hydrogen-bond acceptors (Lipinski definition) is 3. The van der Waals surface area contributed by atoms with Crippen molar-refractivity contribution in [2.45, 2.75) is 0 Å². The van der Waals surface area contributed by atoms with Gasteiger partial charge in [0, 0.05) is 15.6 Å². The Labute approximate surface area is 113 Å².